The fraction of sp³-hybridized carbons (Fsp3) is 0.211. The number of rotatable bonds is 6. The minimum Gasteiger partial charge on any atom is -0.489 e. The normalized spacial score (nSPS) is 11.4. The molecule has 0 saturated carbocycles. The number of hydrogen-bond acceptors (Lipinski definition) is 4. The molecule has 3 N–H and O–H groups in total. The Labute approximate surface area is 162 Å². The van der Waals surface area contributed by atoms with Gasteiger partial charge in [0, 0.05) is 23.9 Å². The molecule has 1 aromatic carbocycles. The fourth-order valence-electron chi connectivity index (χ4n) is 2.72. The number of aromatic amines is 1. The van der Waals surface area contributed by atoms with Crippen LogP contribution in [0.1, 0.15) is 28.5 Å². The maximum Gasteiger partial charge on any atom is 0.431 e. The lowest BCUT2D eigenvalue weighted by Crippen LogP contribution is -2.27. The van der Waals surface area contributed by atoms with Crippen LogP contribution < -0.4 is 16.0 Å². The molecule has 2 aromatic heterocycles. The molecule has 1 amide bonds. The van der Waals surface area contributed by atoms with E-state index < -0.39 is 28.9 Å². The number of nitrogens with two attached hydrogens (primary N) is 1. The Kier molecular flexibility index (Phi) is 5.44. The summed E-state index contributed by atoms with van der Waals surface area (Å²) in [6.07, 6.45) is -1.33. The van der Waals surface area contributed by atoms with Gasteiger partial charge in [0.05, 0.1) is 6.20 Å². The fourth-order valence-corrected chi connectivity index (χ4v) is 2.72. The van der Waals surface area contributed by atoms with Gasteiger partial charge in [0.2, 0.25) is 0 Å². The first kappa shape index (κ1) is 20.2. The van der Waals surface area contributed by atoms with Gasteiger partial charge >= 0.3 is 6.18 Å². The highest BCUT2D eigenvalue weighted by Crippen LogP contribution is 2.35. The van der Waals surface area contributed by atoms with Crippen LogP contribution in [-0.4, -0.2) is 20.7 Å². The molecule has 0 aliphatic heterocycles. The highest BCUT2D eigenvalue weighted by Gasteiger charge is 2.36. The number of ether oxygens (including phenoxy) is 1. The van der Waals surface area contributed by atoms with Crippen LogP contribution in [-0.2, 0) is 19.3 Å². The van der Waals surface area contributed by atoms with E-state index in [4.69, 9.17) is 10.5 Å². The van der Waals surface area contributed by atoms with E-state index in [9.17, 15) is 22.8 Å². The molecule has 0 spiro atoms. The average molecular weight is 406 g/mol. The first-order chi connectivity index (χ1) is 13.7. The van der Waals surface area contributed by atoms with Crippen molar-refractivity contribution >= 4 is 5.91 Å². The molecule has 3 rings (SSSR count). The third-order valence-electron chi connectivity index (χ3n) is 4.17. The molecule has 7 nitrogen and oxygen atoms in total. The predicted octanol–water partition coefficient (Wildman–Crippen LogP) is 2.96. The van der Waals surface area contributed by atoms with Crippen LogP contribution in [0.4, 0.5) is 13.2 Å². The van der Waals surface area contributed by atoms with Crippen LogP contribution in [0.5, 0.6) is 5.75 Å². The number of benzene rings is 1. The molecule has 0 fully saturated rings. The van der Waals surface area contributed by atoms with Crippen LogP contribution in [0.15, 0.2) is 47.5 Å². The van der Waals surface area contributed by atoms with Crippen LogP contribution in [0.3, 0.4) is 0 Å². The first-order valence-electron chi connectivity index (χ1n) is 8.58. The van der Waals surface area contributed by atoms with E-state index in [-0.39, 0.29) is 17.7 Å². The summed E-state index contributed by atoms with van der Waals surface area (Å²) in [6, 6.07) is 6.64. The molecule has 152 valence electrons. The standard InChI is InChI=1S/C19H17F3N4O3/c1-2-26-9-11(8-24-26)10-29-13-5-3-12(4-6-13)14-7-15(17(23)27)18(28)25-16(14)19(20,21)22/h3-9H,2,10H2,1H3,(H2,23,27)(H,25,28). The monoisotopic (exact) mass is 406 g/mol. The van der Waals surface area contributed by atoms with Crippen molar-refractivity contribution in [1.29, 1.82) is 0 Å². The zero-order valence-corrected chi connectivity index (χ0v) is 15.3. The number of H-pyrrole nitrogens is 1. The molecular weight excluding hydrogens is 389 g/mol. The van der Waals surface area contributed by atoms with E-state index in [2.05, 4.69) is 5.10 Å². The lowest BCUT2D eigenvalue weighted by Gasteiger charge is -2.14. The van der Waals surface area contributed by atoms with Crippen molar-refractivity contribution in [1.82, 2.24) is 14.8 Å². The maximum absolute atomic E-state index is 13.3. The summed E-state index contributed by atoms with van der Waals surface area (Å²) in [5.41, 5.74) is 2.71. The second kappa shape index (κ2) is 7.82. The number of pyridine rings is 1. The van der Waals surface area contributed by atoms with E-state index >= 15 is 0 Å². The number of carbonyl (C=O) groups is 1. The number of nitrogens with one attached hydrogen (secondary N) is 1. The van der Waals surface area contributed by atoms with Gasteiger partial charge in [-0.3, -0.25) is 14.3 Å². The molecule has 0 atom stereocenters. The molecule has 0 unspecified atom stereocenters. The Morgan fingerprint density at radius 2 is 1.97 bits per heavy atom. The Balaban J connectivity index is 1.89. The first-order valence-corrected chi connectivity index (χ1v) is 8.58. The molecule has 0 aliphatic rings. The Hall–Kier alpha value is -3.56. The lowest BCUT2D eigenvalue weighted by molar-refractivity contribution is -0.140. The Morgan fingerprint density at radius 3 is 2.52 bits per heavy atom. The molecule has 0 aliphatic carbocycles. The number of nitrogens with zero attached hydrogens (tertiary/aromatic N) is 2. The van der Waals surface area contributed by atoms with Gasteiger partial charge in [0.1, 0.15) is 23.6 Å². The van der Waals surface area contributed by atoms with Crippen molar-refractivity contribution < 1.29 is 22.7 Å². The highest BCUT2D eigenvalue weighted by molar-refractivity contribution is 5.94. The van der Waals surface area contributed by atoms with Gasteiger partial charge in [0.25, 0.3) is 11.5 Å². The second-order valence-corrected chi connectivity index (χ2v) is 6.18. The number of alkyl halides is 3. The minimum absolute atomic E-state index is 0.141. The van der Waals surface area contributed by atoms with E-state index in [1.807, 2.05) is 13.1 Å². The van der Waals surface area contributed by atoms with Gasteiger partial charge in [-0.15, -0.1) is 0 Å². The minimum atomic E-state index is -4.82. The van der Waals surface area contributed by atoms with Crippen molar-refractivity contribution in [3.05, 3.63) is 69.9 Å². The smallest absolute Gasteiger partial charge is 0.431 e. The summed E-state index contributed by atoms with van der Waals surface area (Å²) >= 11 is 0. The molecular formula is C19H17F3N4O3. The van der Waals surface area contributed by atoms with E-state index in [1.165, 1.54) is 24.3 Å². The summed E-state index contributed by atoms with van der Waals surface area (Å²) in [4.78, 5) is 24.8. The molecule has 10 heteroatoms. The maximum atomic E-state index is 13.3. The Bertz CT molecular complexity index is 1090. The molecule has 2 heterocycles. The van der Waals surface area contributed by atoms with E-state index in [0.29, 0.717) is 5.75 Å². The SMILES string of the molecule is CCn1cc(COc2ccc(-c3cc(C(N)=O)c(=O)[nH]c3C(F)(F)F)cc2)cn1. The van der Waals surface area contributed by atoms with Gasteiger partial charge in [-0.25, -0.2) is 0 Å². The highest BCUT2D eigenvalue weighted by atomic mass is 19.4. The molecule has 29 heavy (non-hydrogen) atoms. The van der Waals surface area contributed by atoms with Crippen molar-refractivity contribution in [2.75, 3.05) is 0 Å². The number of aryl methyl sites for hydroxylation is 1. The van der Waals surface area contributed by atoms with Gasteiger partial charge in [-0.2, -0.15) is 18.3 Å². The third kappa shape index (κ3) is 4.48. The summed E-state index contributed by atoms with van der Waals surface area (Å²) < 4.78 is 47.4. The number of hydrogen-bond donors (Lipinski definition) is 2. The number of amides is 1. The summed E-state index contributed by atoms with van der Waals surface area (Å²) in [5.74, 6) is -0.681. The van der Waals surface area contributed by atoms with Crippen molar-refractivity contribution in [2.45, 2.75) is 26.3 Å². The van der Waals surface area contributed by atoms with E-state index in [1.54, 1.807) is 15.9 Å². The predicted molar refractivity (Wildman–Crippen MR) is 98.3 cm³/mol. The van der Waals surface area contributed by atoms with Crippen LogP contribution in [0, 0.1) is 0 Å². The number of carbonyl (C=O) groups excluding carboxylic acids is 1. The van der Waals surface area contributed by atoms with Gasteiger partial charge in [0.15, 0.2) is 0 Å². The molecule has 3 aromatic rings. The number of halogens is 3. The van der Waals surface area contributed by atoms with Crippen LogP contribution in [0.2, 0.25) is 0 Å². The second-order valence-electron chi connectivity index (χ2n) is 6.18. The Morgan fingerprint density at radius 1 is 1.28 bits per heavy atom. The lowest BCUT2D eigenvalue weighted by atomic mass is 10.0. The zero-order valence-electron chi connectivity index (χ0n) is 15.3. The van der Waals surface area contributed by atoms with Gasteiger partial charge in [-0.05, 0) is 30.7 Å². The van der Waals surface area contributed by atoms with E-state index in [0.717, 1.165) is 18.2 Å². The van der Waals surface area contributed by atoms with Crippen molar-refractivity contribution in [3.63, 3.8) is 0 Å². The summed E-state index contributed by atoms with van der Waals surface area (Å²) in [6.45, 7) is 2.92. The third-order valence-corrected chi connectivity index (χ3v) is 4.17. The van der Waals surface area contributed by atoms with Gasteiger partial charge in [-0.1, -0.05) is 12.1 Å². The summed E-state index contributed by atoms with van der Waals surface area (Å²) in [5, 5.41) is 4.13. The zero-order chi connectivity index (χ0) is 21.2. The average Bonchev–Trinajstić information content (AvgIpc) is 3.14. The molecule has 0 bridgehead atoms. The molecule has 0 saturated heterocycles. The van der Waals surface area contributed by atoms with Crippen molar-refractivity contribution in [2.24, 2.45) is 5.73 Å². The topological polar surface area (TPSA) is 103 Å². The van der Waals surface area contributed by atoms with Crippen LogP contribution in [0.25, 0.3) is 11.1 Å². The number of primary amides is 1. The largest absolute Gasteiger partial charge is 0.489 e. The molecule has 0 radical (unpaired) electrons. The quantitative estimate of drug-likeness (QED) is 0.657. The van der Waals surface area contributed by atoms with Crippen molar-refractivity contribution in [3.8, 4) is 16.9 Å². The summed E-state index contributed by atoms with van der Waals surface area (Å²) in [7, 11) is 0. The van der Waals surface area contributed by atoms with Crippen LogP contribution >= 0.6 is 0 Å². The number of aromatic nitrogens is 3. The van der Waals surface area contributed by atoms with Gasteiger partial charge < -0.3 is 15.5 Å².